The summed E-state index contributed by atoms with van der Waals surface area (Å²) in [7, 11) is -2.19. The van der Waals surface area contributed by atoms with Crippen LogP contribution in [0.4, 0.5) is 5.69 Å². The number of hydrogen-bond donors (Lipinski definition) is 2. The predicted molar refractivity (Wildman–Crippen MR) is 128 cm³/mol. The summed E-state index contributed by atoms with van der Waals surface area (Å²) in [6.45, 7) is 0. The second-order valence-corrected chi connectivity index (χ2v) is 9.85. The molecule has 1 fully saturated rings. The molecule has 0 spiro atoms. The van der Waals surface area contributed by atoms with Gasteiger partial charge in [-0.25, -0.2) is 13.1 Å². The molecule has 9 nitrogen and oxygen atoms in total. The lowest BCUT2D eigenvalue weighted by Gasteiger charge is -2.11. The molecule has 0 atom stereocenters. The Hall–Kier alpha value is -3.89. The molecule has 34 heavy (non-hydrogen) atoms. The van der Waals surface area contributed by atoms with Crippen LogP contribution in [0.25, 0.3) is 22.5 Å². The quantitative estimate of drug-likeness (QED) is 0.423. The van der Waals surface area contributed by atoms with Crippen molar-refractivity contribution in [2.75, 3.05) is 12.4 Å². The zero-order valence-electron chi connectivity index (χ0n) is 18.3. The smallest absolute Gasteiger partial charge is 0.274 e. The van der Waals surface area contributed by atoms with E-state index in [4.69, 9.17) is 0 Å². The number of amides is 1. The molecule has 1 aliphatic carbocycles. The SMILES string of the molecule is CNS(=O)(=O)c1ccc(-c2cccnc2C(=O)Nc2cccc(-c3nncn3C3CC3)c2)cc1. The number of sulfonamides is 1. The van der Waals surface area contributed by atoms with Crippen molar-refractivity contribution in [3.63, 3.8) is 0 Å². The summed E-state index contributed by atoms with van der Waals surface area (Å²) < 4.78 is 28.4. The molecule has 2 N–H and O–H groups in total. The molecule has 172 valence electrons. The predicted octanol–water partition coefficient (Wildman–Crippen LogP) is 3.50. The summed E-state index contributed by atoms with van der Waals surface area (Å²) in [6, 6.07) is 17.7. The summed E-state index contributed by atoms with van der Waals surface area (Å²) in [5.74, 6) is 0.400. The number of pyridine rings is 1. The van der Waals surface area contributed by atoms with Crippen molar-refractivity contribution in [2.45, 2.75) is 23.8 Å². The Morgan fingerprint density at radius 3 is 2.56 bits per heavy atom. The second kappa shape index (κ2) is 8.81. The average Bonchev–Trinajstić information content (AvgIpc) is 3.60. The number of nitrogens with one attached hydrogen (secondary N) is 2. The molecule has 10 heteroatoms. The zero-order chi connectivity index (χ0) is 23.7. The summed E-state index contributed by atoms with van der Waals surface area (Å²) in [5.41, 5.74) is 2.99. The molecule has 1 saturated carbocycles. The number of rotatable bonds is 7. The van der Waals surface area contributed by atoms with E-state index in [1.165, 1.54) is 19.2 Å². The molecule has 5 rings (SSSR count). The minimum atomic E-state index is -3.55. The Morgan fingerprint density at radius 2 is 1.82 bits per heavy atom. The molecular formula is C24H22N6O3S. The van der Waals surface area contributed by atoms with E-state index >= 15 is 0 Å². The Morgan fingerprint density at radius 1 is 1.03 bits per heavy atom. The van der Waals surface area contributed by atoms with Crippen LogP contribution < -0.4 is 10.0 Å². The van der Waals surface area contributed by atoms with Gasteiger partial charge in [-0.1, -0.05) is 30.3 Å². The average molecular weight is 475 g/mol. The number of nitrogens with zero attached hydrogens (tertiary/aromatic N) is 4. The van der Waals surface area contributed by atoms with Gasteiger partial charge in [0.1, 0.15) is 12.0 Å². The summed E-state index contributed by atoms with van der Waals surface area (Å²) >= 11 is 0. The van der Waals surface area contributed by atoms with Crippen LogP contribution in [0.2, 0.25) is 0 Å². The van der Waals surface area contributed by atoms with E-state index in [0.29, 0.717) is 22.9 Å². The highest BCUT2D eigenvalue weighted by Gasteiger charge is 2.26. The number of anilines is 1. The maximum absolute atomic E-state index is 13.2. The first kappa shape index (κ1) is 21.9. The van der Waals surface area contributed by atoms with E-state index in [1.807, 2.05) is 18.2 Å². The molecule has 4 aromatic rings. The van der Waals surface area contributed by atoms with Gasteiger partial charge in [-0.2, -0.15) is 0 Å². The first-order valence-electron chi connectivity index (χ1n) is 10.8. The molecule has 1 amide bonds. The third kappa shape index (κ3) is 4.33. The molecule has 1 aliphatic rings. The minimum absolute atomic E-state index is 0.143. The van der Waals surface area contributed by atoms with Gasteiger partial charge in [0.05, 0.1) is 4.90 Å². The van der Waals surface area contributed by atoms with E-state index in [2.05, 4.69) is 29.8 Å². The minimum Gasteiger partial charge on any atom is -0.321 e. The fraction of sp³-hybridized carbons (Fsp3) is 0.167. The molecule has 2 heterocycles. The fourth-order valence-electron chi connectivity index (χ4n) is 3.75. The molecule has 2 aromatic carbocycles. The van der Waals surface area contributed by atoms with Crippen molar-refractivity contribution >= 4 is 21.6 Å². The maximum atomic E-state index is 13.2. The highest BCUT2D eigenvalue weighted by molar-refractivity contribution is 7.89. The Bertz CT molecular complexity index is 1460. The number of aromatic nitrogens is 4. The van der Waals surface area contributed by atoms with E-state index in [1.54, 1.807) is 42.9 Å². The van der Waals surface area contributed by atoms with Crippen LogP contribution in [0.1, 0.15) is 29.4 Å². The van der Waals surface area contributed by atoms with Gasteiger partial charge in [0, 0.05) is 29.1 Å². The third-order valence-electron chi connectivity index (χ3n) is 5.66. The number of benzene rings is 2. The topological polar surface area (TPSA) is 119 Å². The number of hydrogen-bond acceptors (Lipinski definition) is 6. The third-order valence-corrected chi connectivity index (χ3v) is 7.09. The van der Waals surface area contributed by atoms with Crippen molar-refractivity contribution in [3.8, 4) is 22.5 Å². The van der Waals surface area contributed by atoms with Gasteiger partial charge >= 0.3 is 0 Å². The van der Waals surface area contributed by atoms with E-state index in [-0.39, 0.29) is 16.5 Å². The van der Waals surface area contributed by atoms with Gasteiger partial charge < -0.3 is 9.88 Å². The normalized spacial score (nSPS) is 13.6. The van der Waals surface area contributed by atoms with Crippen molar-refractivity contribution < 1.29 is 13.2 Å². The van der Waals surface area contributed by atoms with Gasteiger partial charge in [0.25, 0.3) is 5.91 Å². The number of carbonyl (C=O) groups is 1. The van der Waals surface area contributed by atoms with Crippen LogP contribution in [0.5, 0.6) is 0 Å². The fourth-order valence-corrected chi connectivity index (χ4v) is 4.48. The molecule has 2 aromatic heterocycles. The number of carbonyl (C=O) groups excluding carboxylic acids is 1. The van der Waals surface area contributed by atoms with E-state index in [0.717, 1.165) is 24.2 Å². The van der Waals surface area contributed by atoms with Crippen LogP contribution >= 0.6 is 0 Å². The molecular weight excluding hydrogens is 452 g/mol. The highest BCUT2D eigenvalue weighted by atomic mass is 32.2. The highest BCUT2D eigenvalue weighted by Crippen LogP contribution is 2.37. The Kier molecular flexibility index (Phi) is 5.68. The van der Waals surface area contributed by atoms with Gasteiger partial charge in [0.15, 0.2) is 5.82 Å². The van der Waals surface area contributed by atoms with Crippen LogP contribution in [0.3, 0.4) is 0 Å². The standard InChI is InChI=1S/C24H22N6O3S/c1-25-34(32,33)20-11-7-16(8-12-20)21-6-3-13-26-22(21)24(31)28-18-5-2-4-17(14-18)23-29-27-15-30(23)19-9-10-19/h2-8,11-15,19,25H,9-10H2,1H3,(H,28,31). The van der Waals surface area contributed by atoms with E-state index in [9.17, 15) is 13.2 Å². The van der Waals surface area contributed by atoms with Crippen LogP contribution in [-0.4, -0.2) is 41.1 Å². The first-order chi connectivity index (χ1) is 16.5. The van der Waals surface area contributed by atoms with Crippen molar-refractivity contribution in [2.24, 2.45) is 0 Å². The summed E-state index contributed by atoms with van der Waals surface area (Å²) in [5, 5.41) is 11.2. The first-order valence-corrected chi connectivity index (χ1v) is 12.2. The van der Waals surface area contributed by atoms with Crippen molar-refractivity contribution in [1.82, 2.24) is 24.5 Å². The second-order valence-electron chi connectivity index (χ2n) is 7.96. The molecule has 0 radical (unpaired) electrons. The van der Waals surface area contributed by atoms with Crippen molar-refractivity contribution in [3.05, 3.63) is 78.9 Å². The van der Waals surface area contributed by atoms with Gasteiger partial charge in [-0.3, -0.25) is 9.78 Å². The lowest BCUT2D eigenvalue weighted by atomic mass is 10.0. The van der Waals surface area contributed by atoms with Gasteiger partial charge in [0.2, 0.25) is 10.0 Å². The summed E-state index contributed by atoms with van der Waals surface area (Å²) in [6.07, 6.45) is 5.52. The van der Waals surface area contributed by atoms with Crippen molar-refractivity contribution in [1.29, 1.82) is 0 Å². The molecule has 0 aliphatic heterocycles. The lowest BCUT2D eigenvalue weighted by Crippen LogP contribution is -2.18. The monoisotopic (exact) mass is 474 g/mol. The van der Waals surface area contributed by atoms with Crippen LogP contribution in [0, 0.1) is 0 Å². The molecule has 0 bridgehead atoms. The summed E-state index contributed by atoms with van der Waals surface area (Å²) in [4.78, 5) is 17.6. The zero-order valence-corrected chi connectivity index (χ0v) is 19.2. The maximum Gasteiger partial charge on any atom is 0.274 e. The Balaban J connectivity index is 1.41. The van der Waals surface area contributed by atoms with Gasteiger partial charge in [-0.15, -0.1) is 10.2 Å². The van der Waals surface area contributed by atoms with Crippen LogP contribution in [-0.2, 0) is 10.0 Å². The molecule has 0 saturated heterocycles. The van der Waals surface area contributed by atoms with Gasteiger partial charge in [-0.05, 0) is 55.8 Å². The molecule has 0 unspecified atom stereocenters. The Labute approximate surface area is 196 Å². The van der Waals surface area contributed by atoms with Crippen LogP contribution in [0.15, 0.2) is 78.1 Å². The van der Waals surface area contributed by atoms with E-state index < -0.39 is 10.0 Å². The lowest BCUT2D eigenvalue weighted by molar-refractivity contribution is 0.102. The largest absolute Gasteiger partial charge is 0.321 e.